The first kappa shape index (κ1) is 18.1. The van der Waals surface area contributed by atoms with Crippen LogP contribution < -0.4 is 10.1 Å². The van der Waals surface area contributed by atoms with Crippen molar-refractivity contribution in [3.8, 4) is 5.88 Å². The predicted octanol–water partition coefficient (Wildman–Crippen LogP) is 3.24. The largest absolute Gasteiger partial charge is 0.463 e. The van der Waals surface area contributed by atoms with Crippen molar-refractivity contribution in [1.29, 1.82) is 0 Å². The van der Waals surface area contributed by atoms with Crippen LogP contribution in [0.3, 0.4) is 0 Å². The van der Waals surface area contributed by atoms with Crippen molar-refractivity contribution in [3.63, 3.8) is 0 Å². The van der Waals surface area contributed by atoms with Crippen molar-refractivity contribution in [1.82, 2.24) is 5.16 Å². The maximum Gasteiger partial charge on any atom is 0.345 e. The number of anilines is 1. The quantitative estimate of drug-likeness (QED) is 0.782. The van der Waals surface area contributed by atoms with Gasteiger partial charge < -0.3 is 19.3 Å². The average Bonchev–Trinajstić information content (AvgIpc) is 2.93. The van der Waals surface area contributed by atoms with Gasteiger partial charge in [0.2, 0.25) is 0 Å². The standard InChI is InChI=1S/C15H14Cl2N2O5/c1-8-5-13(19-24-8)22-7-14(20)23-9(2)15(21)18-12-4-3-10(16)6-11(12)17/h3-6,9H,7H2,1-2H3,(H,18,21)/t9-/m0/s1. The third-order valence-corrected chi connectivity index (χ3v) is 3.36. The average molecular weight is 373 g/mol. The SMILES string of the molecule is Cc1cc(OCC(=O)O[C@@H](C)C(=O)Nc2ccc(Cl)cc2Cl)no1. The fourth-order valence-electron chi connectivity index (χ4n) is 1.65. The van der Waals surface area contributed by atoms with Crippen LogP contribution in [0.1, 0.15) is 12.7 Å². The number of amides is 1. The highest BCUT2D eigenvalue weighted by molar-refractivity contribution is 6.36. The molecular weight excluding hydrogens is 359 g/mol. The van der Waals surface area contributed by atoms with Crippen molar-refractivity contribution < 1.29 is 23.6 Å². The Kier molecular flexibility index (Phi) is 6.05. The summed E-state index contributed by atoms with van der Waals surface area (Å²) in [5.41, 5.74) is 0.364. The minimum absolute atomic E-state index is 0.162. The molecule has 1 atom stereocenters. The number of aryl methyl sites for hydroxylation is 1. The van der Waals surface area contributed by atoms with Gasteiger partial charge in [-0.15, -0.1) is 0 Å². The molecule has 0 radical (unpaired) electrons. The molecule has 2 aromatic rings. The Morgan fingerprint density at radius 1 is 1.33 bits per heavy atom. The van der Waals surface area contributed by atoms with Crippen LogP contribution in [-0.2, 0) is 14.3 Å². The van der Waals surface area contributed by atoms with Crippen LogP contribution in [0.2, 0.25) is 10.0 Å². The summed E-state index contributed by atoms with van der Waals surface area (Å²) in [6.07, 6.45) is -1.04. The van der Waals surface area contributed by atoms with E-state index >= 15 is 0 Å². The molecule has 0 fully saturated rings. The number of ether oxygens (including phenoxy) is 2. The second-order valence-electron chi connectivity index (χ2n) is 4.81. The van der Waals surface area contributed by atoms with Crippen LogP contribution in [0.4, 0.5) is 5.69 Å². The predicted molar refractivity (Wildman–Crippen MR) is 87.4 cm³/mol. The minimum atomic E-state index is -1.04. The molecule has 0 saturated heterocycles. The van der Waals surface area contributed by atoms with E-state index in [-0.39, 0.29) is 10.9 Å². The van der Waals surface area contributed by atoms with E-state index in [0.717, 1.165) is 0 Å². The second-order valence-corrected chi connectivity index (χ2v) is 5.65. The molecule has 0 aliphatic rings. The van der Waals surface area contributed by atoms with Crippen LogP contribution in [0, 0.1) is 6.92 Å². The van der Waals surface area contributed by atoms with Gasteiger partial charge >= 0.3 is 5.97 Å². The molecule has 7 nitrogen and oxygen atoms in total. The van der Waals surface area contributed by atoms with Gasteiger partial charge in [0.1, 0.15) is 5.76 Å². The van der Waals surface area contributed by atoms with Crippen LogP contribution in [-0.4, -0.2) is 29.7 Å². The van der Waals surface area contributed by atoms with Crippen molar-refractivity contribution in [2.24, 2.45) is 0 Å². The van der Waals surface area contributed by atoms with Crippen molar-refractivity contribution in [2.75, 3.05) is 11.9 Å². The third-order valence-electron chi connectivity index (χ3n) is 2.81. The van der Waals surface area contributed by atoms with Gasteiger partial charge in [-0.3, -0.25) is 4.79 Å². The Bertz CT molecular complexity index is 747. The molecular formula is C15H14Cl2N2O5. The molecule has 0 bridgehead atoms. The summed E-state index contributed by atoms with van der Waals surface area (Å²) < 4.78 is 14.8. The third kappa shape index (κ3) is 5.14. The smallest absolute Gasteiger partial charge is 0.345 e. The molecule has 0 aliphatic carbocycles. The van der Waals surface area contributed by atoms with E-state index in [9.17, 15) is 9.59 Å². The van der Waals surface area contributed by atoms with E-state index < -0.39 is 24.6 Å². The van der Waals surface area contributed by atoms with Crippen molar-refractivity contribution in [2.45, 2.75) is 20.0 Å². The summed E-state index contributed by atoms with van der Waals surface area (Å²) in [4.78, 5) is 23.7. The highest BCUT2D eigenvalue weighted by Gasteiger charge is 2.19. The van der Waals surface area contributed by atoms with Gasteiger partial charge in [-0.05, 0) is 37.2 Å². The van der Waals surface area contributed by atoms with E-state index in [4.69, 9.17) is 37.2 Å². The van der Waals surface area contributed by atoms with Crippen LogP contribution in [0.25, 0.3) is 0 Å². The van der Waals surface area contributed by atoms with Gasteiger partial charge in [0.15, 0.2) is 12.7 Å². The minimum Gasteiger partial charge on any atom is -0.463 e. The number of esters is 1. The topological polar surface area (TPSA) is 90.7 Å². The molecule has 0 aliphatic heterocycles. The lowest BCUT2D eigenvalue weighted by Gasteiger charge is -2.14. The lowest BCUT2D eigenvalue weighted by atomic mass is 10.3. The number of benzene rings is 1. The van der Waals surface area contributed by atoms with Gasteiger partial charge in [-0.2, -0.15) is 0 Å². The molecule has 24 heavy (non-hydrogen) atoms. The number of carbonyl (C=O) groups is 2. The fourth-order valence-corrected chi connectivity index (χ4v) is 2.11. The Labute approximate surface area is 147 Å². The molecule has 1 N–H and O–H groups in total. The Hall–Kier alpha value is -2.25. The zero-order chi connectivity index (χ0) is 17.7. The highest BCUT2D eigenvalue weighted by atomic mass is 35.5. The normalized spacial score (nSPS) is 11.7. The maximum atomic E-state index is 12.0. The number of halogens is 2. The number of carbonyl (C=O) groups excluding carboxylic acids is 2. The maximum absolute atomic E-state index is 12.0. The van der Waals surface area contributed by atoms with E-state index in [1.54, 1.807) is 19.1 Å². The molecule has 128 valence electrons. The zero-order valence-corrected chi connectivity index (χ0v) is 14.4. The Balaban J connectivity index is 1.83. The van der Waals surface area contributed by atoms with Gasteiger partial charge in [0, 0.05) is 11.1 Å². The monoisotopic (exact) mass is 372 g/mol. The molecule has 0 saturated carbocycles. The fraction of sp³-hybridized carbons (Fsp3) is 0.267. The Morgan fingerprint density at radius 2 is 2.08 bits per heavy atom. The molecule has 1 heterocycles. The van der Waals surface area contributed by atoms with Crippen LogP contribution in [0.5, 0.6) is 5.88 Å². The number of nitrogens with zero attached hydrogens (tertiary/aromatic N) is 1. The number of hydrogen-bond acceptors (Lipinski definition) is 6. The van der Waals surface area contributed by atoms with Crippen molar-refractivity contribution >= 4 is 40.8 Å². The summed E-state index contributed by atoms with van der Waals surface area (Å²) in [5.74, 6) is -0.550. The zero-order valence-electron chi connectivity index (χ0n) is 12.8. The molecule has 0 unspecified atom stereocenters. The summed E-state index contributed by atoms with van der Waals surface area (Å²) in [6, 6.07) is 6.13. The highest BCUT2D eigenvalue weighted by Crippen LogP contribution is 2.25. The van der Waals surface area contributed by atoms with E-state index in [1.807, 2.05) is 0 Å². The number of aromatic nitrogens is 1. The van der Waals surface area contributed by atoms with Gasteiger partial charge in [-0.25, -0.2) is 4.79 Å². The lowest BCUT2D eigenvalue weighted by molar-refractivity contribution is -0.155. The van der Waals surface area contributed by atoms with E-state index in [1.165, 1.54) is 19.1 Å². The summed E-state index contributed by atoms with van der Waals surface area (Å²) in [7, 11) is 0. The van der Waals surface area contributed by atoms with Gasteiger partial charge in [-0.1, -0.05) is 23.2 Å². The molecule has 1 amide bonds. The lowest BCUT2D eigenvalue weighted by Crippen LogP contribution is -2.31. The van der Waals surface area contributed by atoms with Gasteiger partial charge in [0.05, 0.1) is 10.7 Å². The summed E-state index contributed by atoms with van der Waals surface area (Å²) in [6.45, 7) is 2.72. The Morgan fingerprint density at radius 3 is 2.71 bits per heavy atom. The van der Waals surface area contributed by atoms with Crippen LogP contribution >= 0.6 is 23.2 Å². The summed E-state index contributed by atoms with van der Waals surface area (Å²) in [5, 5.41) is 6.83. The first-order valence-corrected chi connectivity index (χ1v) is 7.62. The van der Waals surface area contributed by atoms with Crippen molar-refractivity contribution in [3.05, 3.63) is 40.1 Å². The molecule has 2 rings (SSSR count). The van der Waals surface area contributed by atoms with Gasteiger partial charge in [0.25, 0.3) is 11.8 Å². The van der Waals surface area contributed by atoms with E-state index in [0.29, 0.717) is 16.5 Å². The van der Waals surface area contributed by atoms with E-state index in [2.05, 4.69) is 10.5 Å². The second kappa shape index (κ2) is 8.03. The summed E-state index contributed by atoms with van der Waals surface area (Å²) >= 11 is 11.7. The first-order chi connectivity index (χ1) is 11.3. The van der Waals surface area contributed by atoms with Crippen LogP contribution in [0.15, 0.2) is 28.8 Å². The first-order valence-electron chi connectivity index (χ1n) is 6.86. The molecule has 1 aromatic heterocycles. The molecule has 1 aromatic carbocycles. The molecule has 0 spiro atoms. The number of nitrogens with one attached hydrogen (secondary N) is 1. The number of rotatable bonds is 6. The number of hydrogen-bond donors (Lipinski definition) is 1. The molecule has 9 heteroatoms.